The highest BCUT2D eigenvalue weighted by Gasteiger charge is 2.29. The molecule has 3 aromatic rings. The van der Waals surface area contributed by atoms with E-state index in [4.69, 9.17) is 11.6 Å². The number of anilines is 1. The van der Waals surface area contributed by atoms with Crippen LogP contribution in [0, 0.1) is 0 Å². The van der Waals surface area contributed by atoms with Gasteiger partial charge in [0.25, 0.3) is 0 Å². The lowest BCUT2D eigenvalue weighted by Gasteiger charge is -2.23. The Morgan fingerprint density at radius 2 is 2.07 bits per heavy atom. The molecule has 2 amide bonds. The molecule has 0 aliphatic carbocycles. The van der Waals surface area contributed by atoms with Crippen LogP contribution in [0.4, 0.5) is 5.69 Å². The number of fused-ring (bicyclic) bond motifs is 1. The first kappa shape index (κ1) is 18.6. The fraction of sp³-hybridized carbons (Fsp3) is 0.150. The van der Waals surface area contributed by atoms with Gasteiger partial charge < -0.3 is 10.6 Å². The van der Waals surface area contributed by atoms with Crippen LogP contribution in [0.25, 0.3) is 5.69 Å². The fourth-order valence-electron chi connectivity index (χ4n) is 2.87. The minimum atomic E-state index is -0.472. The number of para-hydroxylation sites is 1. The zero-order valence-corrected chi connectivity index (χ0v) is 16.3. The van der Waals surface area contributed by atoms with Crippen molar-refractivity contribution in [3.8, 4) is 5.69 Å². The Labute approximate surface area is 171 Å². The predicted molar refractivity (Wildman–Crippen MR) is 110 cm³/mol. The van der Waals surface area contributed by atoms with Crippen molar-refractivity contribution in [3.05, 3.63) is 71.5 Å². The molecule has 2 heterocycles. The van der Waals surface area contributed by atoms with Crippen molar-refractivity contribution in [2.24, 2.45) is 0 Å². The maximum Gasteiger partial charge on any atom is 0.238 e. The van der Waals surface area contributed by atoms with Crippen molar-refractivity contribution in [1.29, 1.82) is 0 Å². The number of thioether (sulfide) groups is 1. The minimum absolute atomic E-state index is 0.103. The van der Waals surface area contributed by atoms with E-state index >= 15 is 0 Å². The van der Waals surface area contributed by atoms with E-state index in [2.05, 4.69) is 15.7 Å². The second-order valence-corrected chi connectivity index (χ2v) is 8.03. The van der Waals surface area contributed by atoms with Gasteiger partial charge in [-0.15, -0.1) is 11.8 Å². The Hall–Kier alpha value is -2.77. The third-order valence-electron chi connectivity index (χ3n) is 4.28. The first-order valence-corrected chi connectivity index (χ1v) is 9.97. The van der Waals surface area contributed by atoms with Crippen molar-refractivity contribution in [2.75, 3.05) is 5.32 Å². The first-order valence-electron chi connectivity index (χ1n) is 8.71. The third-order valence-corrected chi connectivity index (χ3v) is 5.79. The van der Waals surface area contributed by atoms with Gasteiger partial charge in [-0.25, -0.2) is 4.68 Å². The van der Waals surface area contributed by atoms with Crippen LogP contribution in [0.3, 0.4) is 0 Å². The number of nitrogens with one attached hydrogen (secondary N) is 2. The summed E-state index contributed by atoms with van der Waals surface area (Å²) in [6.07, 6.45) is 3.69. The van der Waals surface area contributed by atoms with Gasteiger partial charge in [-0.2, -0.15) is 5.10 Å². The van der Waals surface area contributed by atoms with Gasteiger partial charge in [-0.1, -0.05) is 29.8 Å². The number of hydrogen-bond donors (Lipinski definition) is 2. The van der Waals surface area contributed by atoms with Crippen LogP contribution in [0.1, 0.15) is 12.0 Å². The van der Waals surface area contributed by atoms with Crippen LogP contribution < -0.4 is 10.6 Å². The largest absolute Gasteiger partial charge is 0.352 e. The summed E-state index contributed by atoms with van der Waals surface area (Å²) >= 11 is 7.33. The average Bonchev–Trinajstić information content (AvgIpc) is 3.17. The number of nitrogens with zero attached hydrogens (tertiary/aromatic N) is 2. The molecule has 0 saturated heterocycles. The summed E-state index contributed by atoms with van der Waals surface area (Å²) in [6, 6.07) is 15.1. The Morgan fingerprint density at radius 1 is 1.25 bits per heavy atom. The van der Waals surface area contributed by atoms with Crippen LogP contribution in [-0.4, -0.2) is 26.8 Å². The standard InChI is InChI=1S/C20H17ClN4O2S/c21-14-6-7-17-16(8-14)24-20(27)18(28-17)9-19(26)22-10-13-11-23-25(12-13)15-4-2-1-3-5-15/h1-8,11-12,18H,9-10H2,(H,22,26)(H,24,27). The molecule has 1 unspecified atom stereocenters. The first-order chi connectivity index (χ1) is 13.6. The van der Waals surface area contributed by atoms with Gasteiger partial charge in [0.1, 0.15) is 0 Å². The lowest BCUT2D eigenvalue weighted by molar-refractivity contribution is -0.124. The van der Waals surface area contributed by atoms with Gasteiger partial charge in [0.2, 0.25) is 11.8 Å². The number of rotatable bonds is 5. The molecule has 0 spiro atoms. The Kier molecular flexibility index (Phi) is 5.36. The molecule has 6 nitrogen and oxygen atoms in total. The number of aromatic nitrogens is 2. The maximum absolute atomic E-state index is 12.3. The van der Waals surface area contributed by atoms with Gasteiger partial charge in [0.05, 0.1) is 22.8 Å². The Bertz CT molecular complexity index is 1020. The smallest absolute Gasteiger partial charge is 0.238 e. The van der Waals surface area contributed by atoms with Crippen molar-refractivity contribution < 1.29 is 9.59 Å². The summed E-state index contributed by atoms with van der Waals surface area (Å²) in [6.45, 7) is 0.358. The minimum Gasteiger partial charge on any atom is -0.352 e. The lowest BCUT2D eigenvalue weighted by Crippen LogP contribution is -2.34. The normalized spacial score (nSPS) is 15.6. The van der Waals surface area contributed by atoms with Crippen LogP contribution in [0.15, 0.2) is 65.8 Å². The predicted octanol–water partition coefficient (Wildman–Crippen LogP) is 3.65. The van der Waals surface area contributed by atoms with Crippen LogP contribution in [0.2, 0.25) is 5.02 Å². The average molecular weight is 413 g/mol. The van der Waals surface area contributed by atoms with Crippen LogP contribution >= 0.6 is 23.4 Å². The monoisotopic (exact) mass is 412 g/mol. The molecule has 0 radical (unpaired) electrons. The number of amides is 2. The van der Waals surface area contributed by atoms with Crippen LogP contribution in [-0.2, 0) is 16.1 Å². The zero-order chi connectivity index (χ0) is 19.5. The Balaban J connectivity index is 1.33. The van der Waals surface area contributed by atoms with Gasteiger partial charge in [0.15, 0.2) is 0 Å². The van der Waals surface area contributed by atoms with Crippen molar-refractivity contribution in [3.63, 3.8) is 0 Å². The molecule has 0 bridgehead atoms. The SMILES string of the molecule is O=C(CC1Sc2ccc(Cl)cc2NC1=O)NCc1cnn(-c2ccccc2)c1. The van der Waals surface area contributed by atoms with Crippen molar-refractivity contribution in [2.45, 2.75) is 23.1 Å². The molecule has 2 N–H and O–H groups in total. The maximum atomic E-state index is 12.3. The quantitative estimate of drug-likeness (QED) is 0.670. The second-order valence-electron chi connectivity index (χ2n) is 6.35. The molecule has 4 rings (SSSR count). The molecule has 8 heteroatoms. The highest BCUT2D eigenvalue weighted by atomic mass is 35.5. The summed E-state index contributed by atoms with van der Waals surface area (Å²) in [5, 5.41) is 10.1. The number of hydrogen-bond acceptors (Lipinski definition) is 4. The summed E-state index contributed by atoms with van der Waals surface area (Å²) < 4.78 is 1.76. The summed E-state index contributed by atoms with van der Waals surface area (Å²) in [7, 11) is 0. The van der Waals surface area contributed by atoms with Gasteiger partial charge in [0, 0.05) is 34.6 Å². The van der Waals surface area contributed by atoms with E-state index in [1.54, 1.807) is 23.0 Å². The highest BCUT2D eigenvalue weighted by Crippen LogP contribution is 2.38. The molecule has 1 atom stereocenters. The fourth-order valence-corrected chi connectivity index (χ4v) is 4.13. The van der Waals surface area contributed by atoms with E-state index in [0.29, 0.717) is 17.3 Å². The lowest BCUT2D eigenvalue weighted by atomic mass is 10.2. The number of carbonyl (C=O) groups is 2. The number of carbonyl (C=O) groups excluding carboxylic acids is 2. The second kappa shape index (κ2) is 8.08. The summed E-state index contributed by atoms with van der Waals surface area (Å²) in [5.41, 5.74) is 2.53. The van der Waals surface area contributed by atoms with E-state index in [9.17, 15) is 9.59 Å². The molecule has 28 heavy (non-hydrogen) atoms. The molecular formula is C20H17ClN4O2S. The van der Waals surface area contributed by atoms with E-state index in [-0.39, 0.29) is 18.2 Å². The summed E-state index contributed by atoms with van der Waals surface area (Å²) in [4.78, 5) is 25.5. The van der Waals surface area contributed by atoms with Crippen LogP contribution in [0.5, 0.6) is 0 Å². The molecular weight excluding hydrogens is 396 g/mol. The van der Waals surface area contributed by atoms with Gasteiger partial charge >= 0.3 is 0 Å². The summed E-state index contributed by atoms with van der Waals surface area (Å²) in [5.74, 6) is -0.371. The topological polar surface area (TPSA) is 76.0 Å². The zero-order valence-electron chi connectivity index (χ0n) is 14.8. The number of benzene rings is 2. The number of halogens is 1. The molecule has 142 valence electrons. The molecule has 1 aliphatic rings. The van der Waals surface area contributed by atoms with E-state index in [1.165, 1.54) is 11.8 Å². The van der Waals surface area contributed by atoms with Gasteiger partial charge in [-0.3, -0.25) is 9.59 Å². The molecule has 1 aromatic heterocycles. The van der Waals surface area contributed by atoms with Crippen molar-refractivity contribution in [1.82, 2.24) is 15.1 Å². The van der Waals surface area contributed by atoms with E-state index in [1.807, 2.05) is 42.6 Å². The van der Waals surface area contributed by atoms with E-state index in [0.717, 1.165) is 16.1 Å². The molecule has 0 saturated carbocycles. The molecule has 2 aromatic carbocycles. The van der Waals surface area contributed by atoms with E-state index < -0.39 is 5.25 Å². The molecule has 0 fully saturated rings. The Morgan fingerprint density at radius 3 is 2.89 bits per heavy atom. The third kappa shape index (κ3) is 4.21. The van der Waals surface area contributed by atoms with Crippen molar-refractivity contribution >= 4 is 40.9 Å². The molecule has 1 aliphatic heterocycles. The highest BCUT2D eigenvalue weighted by molar-refractivity contribution is 8.01. The van der Waals surface area contributed by atoms with Gasteiger partial charge in [-0.05, 0) is 30.3 Å².